The summed E-state index contributed by atoms with van der Waals surface area (Å²) in [6, 6.07) is 7.60. The maximum atomic E-state index is 12.9. The van der Waals surface area contributed by atoms with E-state index in [-0.39, 0.29) is 5.91 Å². The molecule has 7 heteroatoms. The predicted octanol–water partition coefficient (Wildman–Crippen LogP) is 2.95. The van der Waals surface area contributed by atoms with Crippen molar-refractivity contribution in [1.29, 1.82) is 0 Å². The maximum absolute atomic E-state index is 12.9. The largest absolute Gasteiger partial charge is 0.445 e. The molecule has 0 bridgehead atoms. The summed E-state index contributed by atoms with van der Waals surface area (Å²) in [6.07, 6.45) is 7.96. The molecular formula is C21H22N4O3. The first-order valence-corrected chi connectivity index (χ1v) is 9.72. The Balaban J connectivity index is 1.30. The summed E-state index contributed by atoms with van der Waals surface area (Å²) in [5.74, 6) is 2.10. The van der Waals surface area contributed by atoms with Gasteiger partial charge in [-0.2, -0.15) is 0 Å². The maximum Gasteiger partial charge on any atom is 0.254 e. The number of oxazole rings is 1. The fraction of sp³-hybridized carbons (Fsp3) is 0.381. The first-order chi connectivity index (χ1) is 13.8. The quantitative estimate of drug-likeness (QED) is 0.701. The smallest absolute Gasteiger partial charge is 0.254 e. The van der Waals surface area contributed by atoms with Crippen molar-refractivity contribution in [1.82, 2.24) is 19.4 Å². The van der Waals surface area contributed by atoms with Crippen molar-refractivity contribution in [2.45, 2.75) is 31.7 Å². The number of ether oxygens (including phenoxy) is 1. The number of benzene rings is 1. The summed E-state index contributed by atoms with van der Waals surface area (Å²) < 4.78 is 13.4. The predicted molar refractivity (Wildman–Crippen MR) is 101 cm³/mol. The van der Waals surface area contributed by atoms with Crippen LogP contribution in [-0.2, 0) is 17.7 Å². The zero-order chi connectivity index (χ0) is 18.9. The molecule has 5 rings (SSSR count). The van der Waals surface area contributed by atoms with Crippen LogP contribution < -0.4 is 0 Å². The van der Waals surface area contributed by atoms with Gasteiger partial charge < -0.3 is 18.6 Å². The molecular weight excluding hydrogens is 356 g/mol. The van der Waals surface area contributed by atoms with Crippen molar-refractivity contribution >= 4 is 5.91 Å². The fourth-order valence-corrected chi connectivity index (χ4v) is 3.88. The lowest BCUT2D eigenvalue weighted by molar-refractivity contribution is 0.0726. The third kappa shape index (κ3) is 3.22. The number of amides is 1. The summed E-state index contributed by atoms with van der Waals surface area (Å²) in [5, 5.41) is 0. The summed E-state index contributed by atoms with van der Waals surface area (Å²) >= 11 is 0. The Hall–Kier alpha value is -2.93. The first-order valence-electron chi connectivity index (χ1n) is 9.72. The third-order valence-corrected chi connectivity index (χ3v) is 5.52. The van der Waals surface area contributed by atoms with Crippen LogP contribution in [0.5, 0.6) is 0 Å². The van der Waals surface area contributed by atoms with Crippen LogP contribution in [0.25, 0.3) is 5.69 Å². The normalized spacial score (nSPS) is 17.5. The molecule has 2 aliphatic heterocycles. The molecule has 0 unspecified atom stereocenters. The number of imidazole rings is 1. The van der Waals surface area contributed by atoms with Gasteiger partial charge in [0.25, 0.3) is 5.91 Å². The Bertz CT molecular complexity index is 956. The molecule has 1 amide bonds. The molecule has 3 aromatic rings. The molecule has 1 aromatic carbocycles. The van der Waals surface area contributed by atoms with Gasteiger partial charge in [-0.3, -0.25) is 4.79 Å². The number of carbonyl (C=O) groups is 1. The lowest BCUT2D eigenvalue weighted by Crippen LogP contribution is -2.35. The van der Waals surface area contributed by atoms with Crippen molar-refractivity contribution < 1.29 is 13.9 Å². The van der Waals surface area contributed by atoms with Crippen LogP contribution in [-0.4, -0.2) is 45.1 Å². The topological polar surface area (TPSA) is 73.4 Å². The molecule has 4 heterocycles. The third-order valence-electron chi connectivity index (χ3n) is 5.52. The van der Waals surface area contributed by atoms with Crippen molar-refractivity contribution in [2.24, 2.45) is 0 Å². The van der Waals surface area contributed by atoms with Gasteiger partial charge >= 0.3 is 0 Å². The number of rotatable bonds is 3. The number of nitrogens with zero attached hydrogens (tertiary/aromatic N) is 4. The van der Waals surface area contributed by atoms with E-state index in [4.69, 9.17) is 14.1 Å². The van der Waals surface area contributed by atoms with E-state index in [0.717, 1.165) is 49.1 Å². The lowest BCUT2D eigenvalue weighted by Gasteiger charge is -2.25. The highest BCUT2D eigenvalue weighted by Crippen LogP contribution is 2.30. The Morgan fingerprint density at radius 2 is 1.96 bits per heavy atom. The van der Waals surface area contributed by atoms with Gasteiger partial charge in [-0.25, -0.2) is 9.97 Å². The molecule has 0 spiro atoms. The van der Waals surface area contributed by atoms with Crippen LogP contribution in [0.4, 0.5) is 0 Å². The zero-order valence-corrected chi connectivity index (χ0v) is 15.6. The molecule has 0 aliphatic carbocycles. The van der Waals surface area contributed by atoms with Gasteiger partial charge in [-0.1, -0.05) is 0 Å². The van der Waals surface area contributed by atoms with Crippen molar-refractivity contribution in [3.8, 4) is 5.69 Å². The van der Waals surface area contributed by atoms with Crippen LogP contribution in [0.15, 0.2) is 47.4 Å². The molecule has 0 N–H and O–H groups in total. The molecule has 144 valence electrons. The van der Waals surface area contributed by atoms with E-state index >= 15 is 0 Å². The highest BCUT2D eigenvalue weighted by molar-refractivity contribution is 5.94. The van der Waals surface area contributed by atoms with Gasteiger partial charge in [-0.15, -0.1) is 0 Å². The Labute approximate surface area is 163 Å². The van der Waals surface area contributed by atoms with Crippen LogP contribution in [0.3, 0.4) is 0 Å². The van der Waals surface area contributed by atoms with E-state index in [0.29, 0.717) is 31.0 Å². The molecule has 1 saturated heterocycles. The second kappa shape index (κ2) is 7.24. The van der Waals surface area contributed by atoms with Crippen molar-refractivity contribution in [3.63, 3.8) is 0 Å². The highest BCUT2D eigenvalue weighted by atomic mass is 16.5. The van der Waals surface area contributed by atoms with E-state index in [2.05, 4.69) is 4.98 Å². The molecule has 28 heavy (non-hydrogen) atoms. The van der Waals surface area contributed by atoms with Gasteiger partial charge in [0.05, 0.1) is 12.9 Å². The second-order valence-electron chi connectivity index (χ2n) is 7.30. The summed E-state index contributed by atoms with van der Waals surface area (Å²) in [4.78, 5) is 23.6. The van der Waals surface area contributed by atoms with Crippen molar-refractivity contribution in [3.05, 3.63) is 65.9 Å². The summed E-state index contributed by atoms with van der Waals surface area (Å²) in [7, 11) is 0. The van der Waals surface area contributed by atoms with E-state index in [1.54, 1.807) is 12.5 Å². The van der Waals surface area contributed by atoms with E-state index in [9.17, 15) is 4.79 Å². The van der Waals surface area contributed by atoms with Gasteiger partial charge in [0.2, 0.25) is 0 Å². The molecule has 2 aliphatic rings. The summed E-state index contributed by atoms with van der Waals surface area (Å²) in [6.45, 7) is 2.68. The number of aromatic nitrogens is 3. The monoisotopic (exact) mass is 378 g/mol. The number of carbonyl (C=O) groups excluding carboxylic acids is 1. The first kappa shape index (κ1) is 17.2. The molecule has 1 fully saturated rings. The Morgan fingerprint density at radius 1 is 1.14 bits per heavy atom. The number of fused-ring (bicyclic) bond motifs is 1. The molecule has 2 aromatic heterocycles. The van der Waals surface area contributed by atoms with Crippen LogP contribution >= 0.6 is 0 Å². The number of hydrogen-bond acceptors (Lipinski definition) is 5. The standard InChI is InChI=1S/C21H22N4O3/c26-21(16-1-3-17(4-2-16)25-10-8-22-14-25)24-9-5-19-18(13-24)23-20(28-19)15-6-11-27-12-7-15/h1-4,8,10,14-15H,5-7,9,11-13H2. The van der Waals surface area contributed by atoms with E-state index in [1.807, 2.05) is 39.9 Å². The van der Waals surface area contributed by atoms with Gasteiger partial charge in [0.1, 0.15) is 11.5 Å². The average molecular weight is 378 g/mol. The van der Waals surface area contributed by atoms with Crippen molar-refractivity contribution in [2.75, 3.05) is 19.8 Å². The average Bonchev–Trinajstić information content (AvgIpc) is 3.43. The minimum absolute atomic E-state index is 0.0263. The second-order valence-corrected chi connectivity index (χ2v) is 7.30. The van der Waals surface area contributed by atoms with E-state index in [1.165, 1.54) is 0 Å². The van der Waals surface area contributed by atoms with Crippen LogP contribution in [0.2, 0.25) is 0 Å². The summed E-state index contributed by atoms with van der Waals surface area (Å²) in [5.41, 5.74) is 2.56. The Morgan fingerprint density at radius 3 is 2.71 bits per heavy atom. The van der Waals surface area contributed by atoms with Crippen LogP contribution in [0.1, 0.15) is 46.5 Å². The molecule has 0 atom stereocenters. The van der Waals surface area contributed by atoms with Gasteiger partial charge in [0.15, 0.2) is 5.89 Å². The molecule has 7 nitrogen and oxygen atoms in total. The zero-order valence-electron chi connectivity index (χ0n) is 15.6. The minimum atomic E-state index is 0.0263. The number of hydrogen-bond donors (Lipinski definition) is 0. The molecule has 0 saturated carbocycles. The highest BCUT2D eigenvalue weighted by Gasteiger charge is 2.29. The minimum Gasteiger partial charge on any atom is -0.445 e. The Kier molecular flexibility index (Phi) is 4.44. The van der Waals surface area contributed by atoms with E-state index < -0.39 is 0 Å². The fourth-order valence-electron chi connectivity index (χ4n) is 3.88. The van der Waals surface area contributed by atoms with Gasteiger partial charge in [-0.05, 0) is 37.1 Å². The van der Waals surface area contributed by atoms with Crippen LogP contribution in [0, 0.1) is 0 Å². The van der Waals surface area contributed by atoms with Gasteiger partial charge in [0, 0.05) is 55.7 Å². The SMILES string of the molecule is O=C(c1ccc(-n2ccnc2)cc1)N1CCc2oc(C3CCOCC3)nc2C1. The lowest BCUT2D eigenvalue weighted by atomic mass is 10.0. The molecule has 0 radical (unpaired) electrons.